The summed E-state index contributed by atoms with van der Waals surface area (Å²) in [5.74, 6) is -1.04. The highest BCUT2D eigenvalue weighted by Crippen LogP contribution is 2.29. The molecular weight excluding hydrogens is 280 g/mol. The molecule has 0 aliphatic heterocycles. The van der Waals surface area contributed by atoms with Crippen molar-refractivity contribution in [1.82, 2.24) is 19.7 Å². The average molecular weight is 294 g/mol. The Morgan fingerprint density at radius 3 is 2.80 bits per heavy atom. The van der Waals surface area contributed by atoms with Crippen LogP contribution in [0.25, 0.3) is 0 Å². The number of aryl methyl sites for hydroxylation is 2. The highest BCUT2D eigenvalue weighted by molar-refractivity contribution is 7.99. The van der Waals surface area contributed by atoms with Gasteiger partial charge in [0.2, 0.25) is 0 Å². The zero-order valence-electron chi connectivity index (χ0n) is 11.3. The minimum atomic E-state index is -1.04. The molecule has 0 saturated heterocycles. The van der Waals surface area contributed by atoms with Gasteiger partial charge >= 0.3 is 11.7 Å². The van der Waals surface area contributed by atoms with Crippen LogP contribution in [0.3, 0.4) is 0 Å². The monoisotopic (exact) mass is 294 g/mol. The van der Waals surface area contributed by atoms with Crippen molar-refractivity contribution in [3.63, 3.8) is 0 Å². The Balaban J connectivity index is 2.53. The summed E-state index contributed by atoms with van der Waals surface area (Å²) in [5.41, 5.74) is 1.17. The van der Waals surface area contributed by atoms with Crippen LogP contribution in [0.1, 0.15) is 28.5 Å². The molecule has 0 saturated carbocycles. The predicted molar refractivity (Wildman–Crippen MR) is 73.3 cm³/mol. The molecule has 2 aromatic rings. The summed E-state index contributed by atoms with van der Waals surface area (Å²) in [4.78, 5) is 27.1. The van der Waals surface area contributed by atoms with E-state index in [1.54, 1.807) is 19.9 Å². The van der Waals surface area contributed by atoms with Gasteiger partial charge in [-0.3, -0.25) is 4.57 Å². The maximum atomic E-state index is 11.5. The highest BCUT2D eigenvalue weighted by Gasteiger charge is 2.19. The lowest BCUT2D eigenvalue weighted by Gasteiger charge is -2.09. The zero-order chi connectivity index (χ0) is 14.9. The molecule has 8 heteroatoms. The molecule has 0 fully saturated rings. The van der Waals surface area contributed by atoms with Crippen LogP contribution < -0.4 is 5.69 Å². The lowest BCUT2D eigenvalue weighted by Crippen LogP contribution is -2.16. The smallest absolute Gasteiger partial charge is 0.343 e. The molecule has 2 rings (SSSR count). The second kappa shape index (κ2) is 5.49. The first-order valence-corrected chi connectivity index (χ1v) is 6.80. The van der Waals surface area contributed by atoms with Gasteiger partial charge in [0, 0.05) is 12.2 Å². The molecule has 0 aliphatic carbocycles. The third kappa shape index (κ3) is 2.60. The summed E-state index contributed by atoms with van der Waals surface area (Å²) in [6, 6.07) is 1.71. The van der Waals surface area contributed by atoms with E-state index in [0.29, 0.717) is 22.3 Å². The van der Waals surface area contributed by atoms with Gasteiger partial charge in [0.15, 0.2) is 5.16 Å². The molecule has 2 N–H and O–H groups in total. The first-order chi connectivity index (χ1) is 9.43. The fraction of sp³-hybridized carbons (Fsp3) is 0.333. The van der Waals surface area contributed by atoms with E-state index in [2.05, 4.69) is 15.2 Å². The van der Waals surface area contributed by atoms with E-state index in [-0.39, 0.29) is 11.3 Å². The zero-order valence-corrected chi connectivity index (χ0v) is 12.1. The molecular formula is C12H14N4O3S. The number of hydrogen-bond acceptors (Lipinski definition) is 5. The summed E-state index contributed by atoms with van der Waals surface area (Å²) < 4.78 is 1.43. The standard InChI is InChI=1S/C12H14N4O3S/c1-4-16-11(19)14-15-12(16)20-9-8(10(17)18)6(2)5-7(3)13-9/h5H,4H2,1-3H3,(H,14,19)(H,17,18). The summed E-state index contributed by atoms with van der Waals surface area (Å²) >= 11 is 1.07. The van der Waals surface area contributed by atoms with Crippen molar-refractivity contribution in [3.8, 4) is 0 Å². The fourth-order valence-electron chi connectivity index (χ4n) is 1.88. The topological polar surface area (TPSA) is 101 Å². The van der Waals surface area contributed by atoms with Crippen LogP contribution in [0.2, 0.25) is 0 Å². The number of aromatic carboxylic acids is 1. The molecule has 0 spiro atoms. The second-order valence-corrected chi connectivity index (χ2v) is 5.18. The van der Waals surface area contributed by atoms with E-state index in [1.807, 2.05) is 6.92 Å². The molecule has 7 nitrogen and oxygen atoms in total. The van der Waals surface area contributed by atoms with Crippen molar-refractivity contribution in [3.05, 3.63) is 33.4 Å². The Morgan fingerprint density at radius 1 is 1.50 bits per heavy atom. The van der Waals surface area contributed by atoms with E-state index in [1.165, 1.54) is 4.57 Å². The van der Waals surface area contributed by atoms with Crippen molar-refractivity contribution in [1.29, 1.82) is 0 Å². The second-order valence-electron chi connectivity index (χ2n) is 4.22. The lowest BCUT2D eigenvalue weighted by atomic mass is 10.1. The molecule has 20 heavy (non-hydrogen) atoms. The van der Waals surface area contributed by atoms with Gasteiger partial charge in [-0.05, 0) is 44.2 Å². The number of carbonyl (C=O) groups is 1. The Kier molecular flexibility index (Phi) is 3.93. The van der Waals surface area contributed by atoms with Crippen LogP contribution in [0, 0.1) is 13.8 Å². The number of aromatic nitrogens is 4. The van der Waals surface area contributed by atoms with Gasteiger partial charge in [-0.1, -0.05) is 0 Å². The van der Waals surface area contributed by atoms with Crippen molar-refractivity contribution >= 4 is 17.7 Å². The highest BCUT2D eigenvalue weighted by atomic mass is 32.2. The maximum Gasteiger partial charge on any atom is 0.343 e. The van der Waals surface area contributed by atoms with Crippen LogP contribution in [0.15, 0.2) is 21.0 Å². The summed E-state index contributed by atoms with van der Waals surface area (Å²) in [6.07, 6.45) is 0. The lowest BCUT2D eigenvalue weighted by molar-refractivity contribution is 0.0691. The van der Waals surface area contributed by atoms with Crippen LogP contribution >= 0.6 is 11.8 Å². The number of carboxylic acid groups (broad SMARTS) is 1. The van der Waals surface area contributed by atoms with Crippen LogP contribution in [-0.2, 0) is 6.54 Å². The first-order valence-electron chi connectivity index (χ1n) is 5.98. The molecule has 0 aliphatic rings. The number of nitrogens with one attached hydrogen (secondary N) is 1. The van der Waals surface area contributed by atoms with Gasteiger partial charge in [-0.15, -0.1) is 5.10 Å². The largest absolute Gasteiger partial charge is 0.478 e. The Hall–Kier alpha value is -2.09. The van der Waals surface area contributed by atoms with E-state index in [0.717, 1.165) is 17.5 Å². The Bertz CT molecular complexity index is 720. The molecule has 0 atom stereocenters. The minimum Gasteiger partial charge on any atom is -0.478 e. The maximum absolute atomic E-state index is 11.5. The van der Waals surface area contributed by atoms with Gasteiger partial charge in [-0.25, -0.2) is 19.7 Å². The third-order valence-electron chi connectivity index (χ3n) is 2.75. The van der Waals surface area contributed by atoms with Gasteiger partial charge in [0.1, 0.15) is 5.03 Å². The number of pyridine rings is 1. The number of nitrogens with zero attached hydrogens (tertiary/aromatic N) is 3. The third-order valence-corrected chi connectivity index (χ3v) is 3.74. The first kappa shape index (κ1) is 14.3. The Morgan fingerprint density at radius 2 is 2.20 bits per heavy atom. The van der Waals surface area contributed by atoms with Gasteiger partial charge in [-0.2, -0.15) is 0 Å². The predicted octanol–water partition coefficient (Wildman–Crippen LogP) is 1.45. The molecule has 106 valence electrons. The average Bonchev–Trinajstić information content (AvgIpc) is 2.68. The fourth-order valence-corrected chi connectivity index (χ4v) is 3.01. The molecule has 2 aromatic heterocycles. The molecule has 0 amide bonds. The van der Waals surface area contributed by atoms with Crippen molar-refractivity contribution < 1.29 is 9.90 Å². The van der Waals surface area contributed by atoms with Crippen molar-refractivity contribution in [2.75, 3.05) is 0 Å². The summed E-state index contributed by atoms with van der Waals surface area (Å²) in [7, 11) is 0. The summed E-state index contributed by atoms with van der Waals surface area (Å²) in [6.45, 7) is 5.78. The van der Waals surface area contributed by atoms with Crippen molar-refractivity contribution in [2.24, 2.45) is 0 Å². The number of carboxylic acids is 1. The van der Waals surface area contributed by atoms with Crippen LogP contribution in [0.4, 0.5) is 0 Å². The minimum absolute atomic E-state index is 0.138. The Labute approximate surface area is 119 Å². The van der Waals surface area contributed by atoms with E-state index >= 15 is 0 Å². The number of H-pyrrole nitrogens is 1. The molecule has 2 heterocycles. The van der Waals surface area contributed by atoms with Crippen LogP contribution in [-0.4, -0.2) is 30.8 Å². The molecule has 0 bridgehead atoms. The summed E-state index contributed by atoms with van der Waals surface area (Å²) in [5, 5.41) is 16.3. The molecule has 0 unspecified atom stereocenters. The van der Waals surface area contributed by atoms with E-state index < -0.39 is 5.97 Å². The van der Waals surface area contributed by atoms with E-state index in [4.69, 9.17) is 0 Å². The SMILES string of the molecule is CCn1c(Sc2nc(C)cc(C)c2C(=O)O)n[nH]c1=O. The van der Waals surface area contributed by atoms with Crippen molar-refractivity contribution in [2.45, 2.75) is 37.5 Å². The van der Waals surface area contributed by atoms with Gasteiger partial charge in [0.25, 0.3) is 0 Å². The number of rotatable bonds is 4. The van der Waals surface area contributed by atoms with Gasteiger partial charge in [0.05, 0.1) is 5.56 Å². The molecule has 0 radical (unpaired) electrons. The number of aromatic amines is 1. The molecule has 0 aromatic carbocycles. The number of hydrogen-bond donors (Lipinski definition) is 2. The van der Waals surface area contributed by atoms with E-state index in [9.17, 15) is 14.7 Å². The normalized spacial score (nSPS) is 10.8. The van der Waals surface area contributed by atoms with Gasteiger partial charge < -0.3 is 5.11 Å². The quantitative estimate of drug-likeness (QED) is 0.885. The van der Waals surface area contributed by atoms with Crippen LogP contribution in [0.5, 0.6) is 0 Å².